The number of nitrogens with one attached hydrogen (secondary N) is 1. The summed E-state index contributed by atoms with van der Waals surface area (Å²) >= 11 is 1.59. The summed E-state index contributed by atoms with van der Waals surface area (Å²) in [6.45, 7) is 0. The number of methoxy groups -OCH3 is 1. The minimum absolute atomic E-state index is 0.196. The van der Waals surface area contributed by atoms with Crippen LogP contribution in [0.5, 0.6) is 5.75 Å². The molecule has 0 spiro atoms. The van der Waals surface area contributed by atoms with E-state index in [1.807, 2.05) is 24.3 Å². The zero-order chi connectivity index (χ0) is 20.2. The highest BCUT2D eigenvalue weighted by Crippen LogP contribution is 2.40. The largest absolute Gasteiger partial charge is 0.497 e. The predicted octanol–water partition coefficient (Wildman–Crippen LogP) is 5.78. The van der Waals surface area contributed by atoms with Crippen molar-refractivity contribution in [1.29, 1.82) is 0 Å². The molecule has 2 aromatic carbocycles. The molecule has 29 heavy (non-hydrogen) atoms. The van der Waals surface area contributed by atoms with Crippen molar-refractivity contribution in [2.75, 3.05) is 12.4 Å². The van der Waals surface area contributed by atoms with E-state index in [0.717, 1.165) is 42.6 Å². The van der Waals surface area contributed by atoms with Crippen LogP contribution in [0.1, 0.15) is 39.2 Å². The Morgan fingerprint density at radius 1 is 1.10 bits per heavy atom. The van der Waals surface area contributed by atoms with Gasteiger partial charge in [-0.25, -0.2) is 9.38 Å². The van der Waals surface area contributed by atoms with E-state index >= 15 is 0 Å². The molecule has 3 aromatic rings. The number of hydrogen-bond donors (Lipinski definition) is 1. The second-order valence-corrected chi connectivity index (χ2v) is 7.97. The zero-order valence-electron chi connectivity index (χ0n) is 16.1. The predicted molar refractivity (Wildman–Crippen MR) is 116 cm³/mol. The molecule has 0 radical (unpaired) electrons. The first-order valence-electron chi connectivity index (χ1n) is 9.53. The molecule has 0 saturated heterocycles. The Balaban J connectivity index is 1.64. The lowest BCUT2D eigenvalue weighted by Crippen LogP contribution is -2.14. The van der Waals surface area contributed by atoms with Gasteiger partial charge in [-0.1, -0.05) is 0 Å². The van der Waals surface area contributed by atoms with Crippen molar-refractivity contribution in [3.05, 3.63) is 75.9 Å². The van der Waals surface area contributed by atoms with Gasteiger partial charge in [0.15, 0.2) is 0 Å². The Morgan fingerprint density at radius 3 is 2.55 bits per heavy atom. The number of rotatable bonds is 5. The minimum atomic E-state index is -0.333. The summed E-state index contributed by atoms with van der Waals surface area (Å²) in [5.74, 6) is 0.256. The third-order valence-corrected chi connectivity index (χ3v) is 6.13. The molecule has 0 bridgehead atoms. The normalized spacial score (nSPS) is 13.3. The van der Waals surface area contributed by atoms with Crippen molar-refractivity contribution in [1.82, 2.24) is 0 Å². The first-order valence-corrected chi connectivity index (χ1v) is 10.4. The number of nitrogens with zero attached hydrogens (tertiary/aromatic N) is 1. The fraction of sp³-hybridized carbons (Fsp3) is 0.217. The minimum Gasteiger partial charge on any atom is -0.497 e. The number of carbonyl (C=O) groups is 1. The number of carbonyl (C=O) groups excluding carboxylic acids is 1. The number of fused-ring (bicyclic) bond motifs is 1. The molecule has 1 aliphatic carbocycles. The van der Waals surface area contributed by atoms with Gasteiger partial charge in [-0.2, -0.15) is 0 Å². The van der Waals surface area contributed by atoms with Gasteiger partial charge < -0.3 is 10.1 Å². The highest BCUT2D eigenvalue weighted by molar-refractivity contribution is 7.16. The van der Waals surface area contributed by atoms with Gasteiger partial charge in [0.2, 0.25) is 0 Å². The van der Waals surface area contributed by atoms with E-state index < -0.39 is 0 Å². The van der Waals surface area contributed by atoms with Crippen LogP contribution in [-0.4, -0.2) is 19.2 Å². The number of hydrogen-bond acceptors (Lipinski definition) is 4. The van der Waals surface area contributed by atoms with Crippen molar-refractivity contribution in [2.45, 2.75) is 25.7 Å². The Morgan fingerprint density at radius 2 is 1.83 bits per heavy atom. The Hall–Kier alpha value is -2.99. The summed E-state index contributed by atoms with van der Waals surface area (Å²) in [5, 5.41) is 3.60. The Bertz CT molecular complexity index is 1040. The van der Waals surface area contributed by atoms with Gasteiger partial charge in [0.25, 0.3) is 5.91 Å². The molecule has 148 valence electrons. The van der Waals surface area contributed by atoms with Crippen molar-refractivity contribution in [3.8, 4) is 5.75 Å². The molecule has 1 heterocycles. The maximum Gasteiger partial charge on any atom is 0.259 e. The summed E-state index contributed by atoms with van der Waals surface area (Å²) < 4.78 is 18.3. The maximum atomic E-state index is 13.2. The molecule has 0 unspecified atom stereocenters. The lowest BCUT2D eigenvalue weighted by molar-refractivity contribution is 0.102. The maximum absolute atomic E-state index is 13.2. The van der Waals surface area contributed by atoms with E-state index in [1.54, 1.807) is 36.8 Å². The quantitative estimate of drug-likeness (QED) is 0.544. The highest BCUT2D eigenvalue weighted by Gasteiger charge is 2.25. The molecule has 4 rings (SSSR count). The number of aliphatic imine (C=N–C) groups is 1. The van der Waals surface area contributed by atoms with Crippen molar-refractivity contribution in [3.63, 3.8) is 0 Å². The summed E-state index contributed by atoms with van der Waals surface area (Å²) in [4.78, 5) is 18.9. The molecule has 1 aliphatic rings. The van der Waals surface area contributed by atoms with E-state index in [9.17, 15) is 9.18 Å². The molecule has 1 amide bonds. The molecular weight excluding hydrogens is 387 g/mol. The van der Waals surface area contributed by atoms with Crippen LogP contribution in [-0.2, 0) is 12.8 Å². The molecule has 0 fully saturated rings. The Labute approximate surface area is 173 Å². The standard InChI is InChI=1S/C23H21FN2O2S/c1-28-18-12-6-15(7-13-18)14-25-23-21(19-4-2-3-5-20(19)29-23)22(27)26-17-10-8-16(24)9-11-17/h6-14H,2-5H2,1H3,(H,26,27)/b25-14+. The lowest BCUT2D eigenvalue weighted by Gasteiger charge is -2.12. The van der Waals surface area contributed by atoms with Crippen LogP contribution in [0.15, 0.2) is 53.5 Å². The lowest BCUT2D eigenvalue weighted by atomic mass is 9.95. The second-order valence-electron chi connectivity index (χ2n) is 6.88. The zero-order valence-corrected chi connectivity index (χ0v) is 16.9. The van der Waals surface area contributed by atoms with Crippen LogP contribution in [0.25, 0.3) is 0 Å². The molecule has 6 heteroatoms. The average Bonchev–Trinajstić information content (AvgIpc) is 3.13. The number of aryl methyl sites for hydroxylation is 1. The summed E-state index contributed by atoms with van der Waals surface area (Å²) in [6, 6.07) is 13.4. The van der Waals surface area contributed by atoms with Crippen molar-refractivity contribution in [2.24, 2.45) is 4.99 Å². The first kappa shape index (κ1) is 19.3. The van der Waals surface area contributed by atoms with Gasteiger partial charge in [0.05, 0.1) is 12.7 Å². The van der Waals surface area contributed by atoms with Crippen LogP contribution in [0.2, 0.25) is 0 Å². The molecule has 1 aromatic heterocycles. The van der Waals surface area contributed by atoms with E-state index in [4.69, 9.17) is 4.74 Å². The number of benzene rings is 2. The topological polar surface area (TPSA) is 50.7 Å². The number of halogens is 1. The number of anilines is 1. The molecule has 0 atom stereocenters. The van der Waals surface area contributed by atoms with Crippen molar-refractivity contribution < 1.29 is 13.9 Å². The van der Waals surface area contributed by atoms with Gasteiger partial charge in [-0.05, 0) is 85.3 Å². The van der Waals surface area contributed by atoms with E-state index in [-0.39, 0.29) is 11.7 Å². The van der Waals surface area contributed by atoms with Gasteiger partial charge in [-0.15, -0.1) is 11.3 Å². The molecular formula is C23H21FN2O2S. The van der Waals surface area contributed by atoms with Crippen LogP contribution in [0, 0.1) is 5.82 Å². The average molecular weight is 408 g/mol. The molecule has 1 N–H and O–H groups in total. The molecule has 4 nitrogen and oxygen atoms in total. The number of thiophene rings is 1. The molecule has 0 saturated carbocycles. The van der Waals surface area contributed by atoms with E-state index in [1.165, 1.54) is 17.0 Å². The van der Waals surface area contributed by atoms with Crippen LogP contribution < -0.4 is 10.1 Å². The number of amides is 1. The highest BCUT2D eigenvalue weighted by atomic mass is 32.1. The summed E-state index contributed by atoms with van der Waals surface area (Å²) in [7, 11) is 1.63. The SMILES string of the molecule is COc1ccc(/C=N/c2sc3c(c2C(=O)Nc2ccc(F)cc2)CCCC3)cc1. The second kappa shape index (κ2) is 8.57. The van der Waals surface area contributed by atoms with Crippen LogP contribution >= 0.6 is 11.3 Å². The van der Waals surface area contributed by atoms with Gasteiger partial charge in [0, 0.05) is 16.8 Å². The molecule has 0 aliphatic heterocycles. The Kier molecular flexibility index (Phi) is 5.71. The third kappa shape index (κ3) is 4.38. The van der Waals surface area contributed by atoms with Gasteiger partial charge in [-0.3, -0.25) is 4.79 Å². The van der Waals surface area contributed by atoms with Gasteiger partial charge in [0.1, 0.15) is 16.6 Å². The fourth-order valence-electron chi connectivity index (χ4n) is 3.43. The monoisotopic (exact) mass is 408 g/mol. The van der Waals surface area contributed by atoms with E-state index in [0.29, 0.717) is 16.3 Å². The number of ether oxygens (including phenoxy) is 1. The smallest absolute Gasteiger partial charge is 0.259 e. The fourth-order valence-corrected chi connectivity index (χ4v) is 4.66. The summed E-state index contributed by atoms with van der Waals surface area (Å²) in [6.07, 6.45) is 5.84. The van der Waals surface area contributed by atoms with Crippen molar-refractivity contribution >= 4 is 34.1 Å². The van der Waals surface area contributed by atoms with Crippen LogP contribution in [0.3, 0.4) is 0 Å². The third-order valence-electron chi connectivity index (χ3n) is 4.93. The van der Waals surface area contributed by atoms with Gasteiger partial charge >= 0.3 is 0 Å². The van der Waals surface area contributed by atoms with E-state index in [2.05, 4.69) is 10.3 Å². The first-order chi connectivity index (χ1) is 14.1. The summed E-state index contributed by atoms with van der Waals surface area (Å²) in [5.41, 5.74) is 3.24. The van der Waals surface area contributed by atoms with Crippen LogP contribution in [0.4, 0.5) is 15.1 Å².